The maximum Gasteiger partial charge on any atom is 0.259 e. The second-order valence-electron chi connectivity index (χ2n) is 6.82. The predicted molar refractivity (Wildman–Crippen MR) is 116 cm³/mol. The monoisotopic (exact) mass is 369 g/mol. The standard InChI is InChI=1S/C24H23N3O/c1-2-3-17-27(19-9-5-4-6-10-19)20-15-13-18(14-16-20)23-25-22-12-8-7-11-21(22)24(28)26-23/h4-16H,2-3,17H2,1H3,(H,25,26,28). The summed E-state index contributed by atoms with van der Waals surface area (Å²) in [5.41, 5.74) is 3.81. The van der Waals surface area contributed by atoms with E-state index in [4.69, 9.17) is 0 Å². The molecular weight excluding hydrogens is 346 g/mol. The van der Waals surface area contributed by atoms with Crippen molar-refractivity contribution in [2.75, 3.05) is 11.4 Å². The fourth-order valence-electron chi connectivity index (χ4n) is 3.35. The molecule has 0 atom stereocenters. The van der Waals surface area contributed by atoms with Crippen LogP contribution < -0.4 is 10.5 Å². The molecule has 4 aromatic rings. The second kappa shape index (κ2) is 8.09. The van der Waals surface area contributed by atoms with E-state index in [2.05, 4.69) is 58.2 Å². The summed E-state index contributed by atoms with van der Waals surface area (Å²) in [6.07, 6.45) is 2.26. The van der Waals surface area contributed by atoms with Gasteiger partial charge in [0.05, 0.1) is 10.9 Å². The van der Waals surface area contributed by atoms with E-state index in [9.17, 15) is 4.79 Å². The van der Waals surface area contributed by atoms with Crippen molar-refractivity contribution in [1.29, 1.82) is 0 Å². The fraction of sp³-hybridized carbons (Fsp3) is 0.167. The first-order valence-electron chi connectivity index (χ1n) is 9.68. The minimum Gasteiger partial charge on any atom is -0.341 e. The number of hydrogen-bond acceptors (Lipinski definition) is 3. The van der Waals surface area contributed by atoms with Gasteiger partial charge in [-0.05, 0) is 55.0 Å². The number of aromatic nitrogens is 2. The van der Waals surface area contributed by atoms with Crippen LogP contribution in [0, 0.1) is 0 Å². The number of unbranched alkanes of at least 4 members (excludes halogenated alkanes) is 1. The number of aromatic amines is 1. The molecule has 4 nitrogen and oxygen atoms in total. The molecule has 0 fully saturated rings. The van der Waals surface area contributed by atoms with Crippen molar-refractivity contribution in [3.63, 3.8) is 0 Å². The maximum absolute atomic E-state index is 12.3. The smallest absolute Gasteiger partial charge is 0.259 e. The topological polar surface area (TPSA) is 49.0 Å². The lowest BCUT2D eigenvalue weighted by atomic mass is 10.1. The van der Waals surface area contributed by atoms with Gasteiger partial charge in [-0.25, -0.2) is 4.98 Å². The number of nitrogens with one attached hydrogen (secondary N) is 1. The van der Waals surface area contributed by atoms with Crippen LogP contribution in [0.15, 0.2) is 83.7 Å². The van der Waals surface area contributed by atoms with E-state index in [0.717, 1.165) is 30.6 Å². The van der Waals surface area contributed by atoms with Crippen molar-refractivity contribution in [1.82, 2.24) is 9.97 Å². The number of anilines is 2. The van der Waals surface area contributed by atoms with Gasteiger partial charge in [0.2, 0.25) is 0 Å². The third kappa shape index (κ3) is 3.67. The molecule has 0 aliphatic heterocycles. The zero-order valence-corrected chi connectivity index (χ0v) is 15.9. The Morgan fingerprint density at radius 2 is 1.54 bits per heavy atom. The lowest BCUT2D eigenvalue weighted by Gasteiger charge is -2.25. The number of nitrogens with zero attached hydrogens (tertiary/aromatic N) is 2. The molecule has 0 unspecified atom stereocenters. The highest BCUT2D eigenvalue weighted by atomic mass is 16.1. The lowest BCUT2D eigenvalue weighted by Crippen LogP contribution is -2.18. The molecular formula is C24H23N3O. The van der Waals surface area contributed by atoms with Gasteiger partial charge in [-0.1, -0.05) is 43.7 Å². The number of H-pyrrole nitrogens is 1. The van der Waals surface area contributed by atoms with E-state index in [1.54, 1.807) is 6.07 Å². The highest BCUT2D eigenvalue weighted by molar-refractivity contribution is 5.79. The molecule has 0 aliphatic rings. The molecule has 0 amide bonds. The van der Waals surface area contributed by atoms with Gasteiger partial charge in [-0.2, -0.15) is 0 Å². The van der Waals surface area contributed by atoms with Crippen LogP contribution in [0.25, 0.3) is 22.3 Å². The Morgan fingerprint density at radius 1 is 0.857 bits per heavy atom. The fourth-order valence-corrected chi connectivity index (χ4v) is 3.35. The summed E-state index contributed by atoms with van der Waals surface area (Å²) in [6, 6.07) is 26.0. The van der Waals surface area contributed by atoms with Crippen molar-refractivity contribution in [2.45, 2.75) is 19.8 Å². The first-order chi connectivity index (χ1) is 13.8. The Labute approximate surface area is 164 Å². The van der Waals surface area contributed by atoms with E-state index < -0.39 is 0 Å². The number of hydrogen-bond donors (Lipinski definition) is 1. The van der Waals surface area contributed by atoms with E-state index >= 15 is 0 Å². The Morgan fingerprint density at radius 3 is 2.29 bits per heavy atom. The van der Waals surface area contributed by atoms with Crippen LogP contribution in [0.3, 0.4) is 0 Å². The van der Waals surface area contributed by atoms with Gasteiger partial charge < -0.3 is 9.88 Å². The minimum atomic E-state index is -0.112. The van der Waals surface area contributed by atoms with Crippen LogP contribution in [0.2, 0.25) is 0 Å². The van der Waals surface area contributed by atoms with Crippen molar-refractivity contribution >= 4 is 22.3 Å². The van der Waals surface area contributed by atoms with E-state index in [-0.39, 0.29) is 5.56 Å². The molecule has 0 bridgehead atoms. The molecule has 1 N–H and O–H groups in total. The van der Waals surface area contributed by atoms with Crippen molar-refractivity contribution in [3.8, 4) is 11.4 Å². The number of fused-ring (bicyclic) bond motifs is 1. The molecule has 0 aliphatic carbocycles. The molecule has 3 aromatic carbocycles. The van der Waals surface area contributed by atoms with Gasteiger partial charge in [-0.15, -0.1) is 0 Å². The number of benzene rings is 3. The SMILES string of the molecule is CCCCN(c1ccccc1)c1ccc(-c2nc3ccccc3c(=O)[nH]2)cc1. The lowest BCUT2D eigenvalue weighted by molar-refractivity contribution is 0.786. The van der Waals surface area contributed by atoms with Gasteiger partial charge in [-0.3, -0.25) is 4.79 Å². The van der Waals surface area contributed by atoms with E-state index in [1.807, 2.05) is 36.4 Å². The Bertz CT molecular complexity index is 1120. The summed E-state index contributed by atoms with van der Waals surface area (Å²) in [7, 11) is 0. The van der Waals surface area contributed by atoms with Crippen LogP contribution in [-0.4, -0.2) is 16.5 Å². The summed E-state index contributed by atoms with van der Waals surface area (Å²) < 4.78 is 0. The van der Waals surface area contributed by atoms with Crippen LogP contribution in [0.4, 0.5) is 11.4 Å². The maximum atomic E-state index is 12.3. The Balaban J connectivity index is 1.68. The van der Waals surface area contributed by atoms with Crippen molar-refractivity contribution in [3.05, 3.63) is 89.2 Å². The average molecular weight is 369 g/mol. The van der Waals surface area contributed by atoms with Gasteiger partial charge in [0.15, 0.2) is 0 Å². The third-order valence-electron chi connectivity index (χ3n) is 4.87. The Kier molecular flexibility index (Phi) is 5.20. The number of rotatable bonds is 6. The predicted octanol–water partition coefficient (Wildman–Crippen LogP) is 5.53. The number of para-hydroxylation sites is 2. The van der Waals surface area contributed by atoms with Crippen LogP contribution in [0.1, 0.15) is 19.8 Å². The van der Waals surface area contributed by atoms with Gasteiger partial charge >= 0.3 is 0 Å². The molecule has 4 heteroatoms. The highest BCUT2D eigenvalue weighted by Crippen LogP contribution is 2.28. The average Bonchev–Trinajstić information content (AvgIpc) is 2.75. The minimum absolute atomic E-state index is 0.112. The molecule has 140 valence electrons. The largest absolute Gasteiger partial charge is 0.341 e. The third-order valence-corrected chi connectivity index (χ3v) is 4.87. The summed E-state index contributed by atoms with van der Waals surface area (Å²) in [6.45, 7) is 3.17. The molecule has 28 heavy (non-hydrogen) atoms. The first kappa shape index (κ1) is 18.0. The molecule has 0 saturated carbocycles. The van der Waals surface area contributed by atoms with Crippen LogP contribution in [-0.2, 0) is 0 Å². The van der Waals surface area contributed by atoms with E-state index in [1.165, 1.54) is 5.69 Å². The summed E-state index contributed by atoms with van der Waals surface area (Å²) in [4.78, 5) is 22.2. The molecule has 0 saturated heterocycles. The molecule has 4 rings (SSSR count). The van der Waals surface area contributed by atoms with E-state index in [0.29, 0.717) is 16.7 Å². The van der Waals surface area contributed by atoms with Gasteiger partial charge in [0.25, 0.3) is 5.56 Å². The summed E-state index contributed by atoms with van der Waals surface area (Å²) in [5.74, 6) is 0.593. The molecule has 0 spiro atoms. The quantitative estimate of drug-likeness (QED) is 0.486. The highest BCUT2D eigenvalue weighted by Gasteiger charge is 2.10. The van der Waals surface area contributed by atoms with Gasteiger partial charge in [0.1, 0.15) is 5.82 Å². The van der Waals surface area contributed by atoms with Crippen molar-refractivity contribution in [2.24, 2.45) is 0 Å². The van der Waals surface area contributed by atoms with Gasteiger partial charge in [0, 0.05) is 23.5 Å². The van der Waals surface area contributed by atoms with Crippen molar-refractivity contribution < 1.29 is 0 Å². The molecule has 0 radical (unpaired) electrons. The first-order valence-corrected chi connectivity index (χ1v) is 9.68. The molecule has 1 aromatic heterocycles. The van der Waals surface area contributed by atoms with Crippen LogP contribution in [0.5, 0.6) is 0 Å². The molecule has 1 heterocycles. The summed E-state index contributed by atoms with van der Waals surface area (Å²) >= 11 is 0. The normalized spacial score (nSPS) is 10.9. The second-order valence-corrected chi connectivity index (χ2v) is 6.82. The zero-order chi connectivity index (χ0) is 19.3. The Hall–Kier alpha value is -3.40. The zero-order valence-electron chi connectivity index (χ0n) is 15.9. The van der Waals surface area contributed by atoms with Crippen LogP contribution >= 0.6 is 0 Å². The summed E-state index contributed by atoms with van der Waals surface area (Å²) in [5, 5.41) is 0.609.